The Kier molecular flexibility index (Phi) is 7.25. The first-order valence-electron chi connectivity index (χ1n) is 9.20. The van der Waals surface area contributed by atoms with Gasteiger partial charge in [0.05, 0.1) is 13.1 Å². The molecule has 1 aromatic heterocycles. The minimum Gasteiger partial charge on any atom is -0.485 e. The number of anilines is 1. The van der Waals surface area contributed by atoms with E-state index in [4.69, 9.17) is 9.26 Å². The summed E-state index contributed by atoms with van der Waals surface area (Å²) in [7, 11) is 1.65. The molecule has 1 amide bonds. The molecule has 0 aliphatic rings. The molecular weight excluding hydrogens is 436 g/mol. The molecule has 8 nitrogen and oxygen atoms in total. The number of nitrogens with one attached hydrogen (secondary N) is 1. The maximum absolute atomic E-state index is 12.9. The summed E-state index contributed by atoms with van der Waals surface area (Å²) in [5.41, 5.74) is 0.316. The Bertz CT molecular complexity index is 1020. The van der Waals surface area contributed by atoms with Gasteiger partial charge >= 0.3 is 6.36 Å². The molecule has 0 radical (unpaired) electrons. The number of nitrogens with zero attached hydrogens (tertiary/aromatic N) is 3. The zero-order valence-corrected chi connectivity index (χ0v) is 16.7. The third kappa shape index (κ3) is 7.54. The van der Waals surface area contributed by atoms with Gasteiger partial charge in [0, 0.05) is 5.69 Å². The summed E-state index contributed by atoms with van der Waals surface area (Å²) in [6.45, 7) is 0.160. The van der Waals surface area contributed by atoms with Crippen molar-refractivity contribution in [3.05, 3.63) is 66.1 Å². The second-order valence-corrected chi connectivity index (χ2v) is 6.64. The predicted molar refractivity (Wildman–Crippen MR) is 103 cm³/mol. The van der Waals surface area contributed by atoms with Gasteiger partial charge < -0.3 is 19.3 Å². The molecule has 0 fully saturated rings. The number of amides is 1. The van der Waals surface area contributed by atoms with Crippen molar-refractivity contribution >= 4 is 11.6 Å². The molecule has 0 spiro atoms. The third-order valence-corrected chi connectivity index (χ3v) is 3.88. The largest absolute Gasteiger partial charge is 0.573 e. The van der Waals surface area contributed by atoms with Gasteiger partial charge in [0.1, 0.15) is 17.3 Å². The lowest BCUT2D eigenvalue weighted by Crippen LogP contribution is -2.30. The molecule has 1 N–H and O–H groups in total. The quantitative estimate of drug-likeness (QED) is 0.493. The van der Waals surface area contributed by atoms with Crippen LogP contribution in [0.25, 0.3) is 0 Å². The summed E-state index contributed by atoms with van der Waals surface area (Å²) >= 11 is 0. The van der Waals surface area contributed by atoms with E-state index < -0.39 is 12.3 Å². The van der Waals surface area contributed by atoms with Crippen molar-refractivity contribution in [3.8, 4) is 11.5 Å². The van der Waals surface area contributed by atoms with E-state index in [1.54, 1.807) is 11.9 Å². The first kappa shape index (κ1) is 23.0. The van der Waals surface area contributed by atoms with E-state index in [-0.39, 0.29) is 43.0 Å². The molecule has 0 bridgehead atoms. The number of carbonyl (C=O) groups excluding carboxylic acids is 1. The van der Waals surface area contributed by atoms with E-state index in [0.29, 0.717) is 11.4 Å². The number of aromatic nitrogens is 2. The normalized spacial score (nSPS) is 11.4. The van der Waals surface area contributed by atoms with Crippen molar-refractivity contribution in [1.82, 2.24) is 15.0 Å². The number of ether oxygens (including phenoxy) is 2. The number of likely N-dealkylation sites (N-methyl/N-ethyl adjacent to an activating group) is 1. The highest BCUT2D eigenvalue weighted by atomic mass is 19.4. The number of carbonyl (C=O) groups is 1. The van der Waals surface area contributed by atoms with Crippen molar-refractivity contribution in [1.29, 1.82) is 0 Å². The Balaban J connectivity index is 1.43. The van der Waals surface area contributed by atoms with Gasteiger partial charge in [0.15, 0.2) is 6.61 Å². The van der Waals surface area contributed by atoms with Crippen molar-refractivity contribution in [2.75, 3.05) is 18.9 Å². The third-order valence-electron chi connectivity index (χ3n) is 3.88. The molecule has 1 heterocycles. The van der Waals surface area contributed by atoms with Gasteiger partial charge in [0.2, 0.25) is 17.6 Å². The maximum Gasteiger partial charge on any atom is 0.573 e. The summed E-state index contributed by atoms with van der Waals surface area (Å²) in [5.74, 6) is -0.169. The molecule has 0 unspecified atom stereocenters. The predicted octanol–water partition coefficient (Wildman–Crippen LogP) is 3.76. The SMILES string of the molecule is CN(CC(=O)Nc1ccc(OC(F)(F)F)cc1)Cc1nc(COc2ccc(F)cc2)no1. The van der Waals surface area contributed by atoms with Crippen LogP contribution in [0.3, 0.4) is 0 Å². The first-order valence-corrected chi connectivity index (χ1v) is 9.20. The van der Waals surface area contributed by atoms with E-state index >= 15 is 0 Å². The molecule has 3 rings (SSSR count). The molecule has 2 aromatic carbocycles. The van der Waals surface area contributed by atoms with E-state index in [2.05, 4.69) is 20.2 Å². The summed E-state index contributed by atoms with van der Waals surface area (Å²) in [6, 6.07) is 10.3. The van der Waals surface area contributed by atoms with Gasteiger partial charge in [-0.1, -0.05) is 5.16 Å². The molecule has 32 heavy (non-hydrogen) atoms. The minimum atomic E-state index is -4.78. The van der Waals surface area contributed by atoms with Crippen LogP contribution in [0, 0.1) is 5.82 Å². The number of alkyl halides is 3. The second kappa shape index (κ2) is 10.1. The van der Waals surface area contributed by atoms with Gasteiger partial charge in [-0.3, -0.25) is 9.69 Å². The summed E-state index contributed by atoms with van der Waals surface area (Å²) < 4.78 is 63.7. The smallest absolute Gasteiger partial charge is 0.485 e. The highest BCUT2D eigenvalue weighted by Gasteiger charge is 2.31. The maximum atomic E-state index is 12.9. The fraction of sp³-hybridized carbons (Fsp3) is 0.250. The molecule has 0 aliphatic heterocycles. The van der Waals surface area contributed by atoms with Crippen LogP contribution in [-0.2, 0) is 17.9 Å². The standard InChI is InChI=1S/C20H18F4N4O4/c1-28(10-18(29)25-14-4-8-16(9-5-14)31-20(22,23)24)11-19-26-17(27-32-19)12-30-15-6-2-13(21)3-7-15/h2-9H,10-12H2,1H3,(H,25,29). The Labute approximate surface area is 179 Å². The summed E-state index contributed by atoms with van der Waals surface area (Å²) in [6.07, 6.45) is -4.78. The van der Waals surface area contributed by atoms with Crippen LogP contribution in [0.4, 0.5) is 23.2 Å². The first-order chi connectivity index (χ1) is 15.2. The Morgan fingerprint density at radius 1 is 1.09 bits per heavy atom. The highest BCUT2D eigenvalue weighted by Crippen LogP contribution is 2.24. The lowest BCUT2D eigenvalue weighted by atomic mass is 10.3. The van der Waals surface area contributed by atoms with Crippen LogP contribution >= 0.6 is 0 Å². The Morgan fingerprint density at radius 3 is 2.41 bits per heavy atom. The van der Waals surface area contributed by atoms with E-state index in [1.165, 1.54) is 36.4 Å². The zero-order chi connectivity index (χ0) is 23.1. The van der Waals surface area contributed by atoms with Crippen LogP contribution in [0.15, 0.2) is 53.1 Å². The number of hydrogen-bond donors (Lipinski definition) is 1. The van der Waals surface area contributed by atoms with Crippen LogP contribution < -0.4 is 14.8 Å². The fourth-order valence-electron chi connectivity index (χ4n) is 2.56. The number of hydrogen-bond acceptors (Lipinski definition) is 7. The number of benzene rings is 2. The lowest BCUT2D eigenvalue weighted by Gasteiger charge is -2.14. The number of halogens is 4. The second-order valence-electron chi connectivity index (χ2n) is 6.64. The van der Waals surface area contributed by atoms with E-state index in [0.717, 1.165) is 12.1 Å². The molecular formula is C20H18F4N4O4. The van der Waals surface area contributed by atoms with Crippen molar-refractivity contribution in [2.24, 2.45) is 0 Å². The highest BCUT2D eigenvalue weighted by molar-refractivity contribution is 5.92. The van der Waals surface area contributed by atoms with E-state index in [1.807, 2.05) is 0 Å². The Hall–Kier alpha value is -3.67. The van der Waals surface area contributed by atoms with Crippen LogP contribution in [0.1, 0.15) is 11.7 Å². The van der Waals surface area contributed by atoms with Crippen LogP contribution in [0.5, 0.6) is 11.5 Å². The van der Waals surface area contributed by atoms with Crippen molar-refractivity contribution in [3.63, 3.8) is 0 Å². The van der Waals surface area contributed by atoms with Gasteiger partial charge in [-0.2, -0.15) is 4.98 Å². The molecule has 3 aromatic rings. The molecule has 0 saturated heterocycles. The molecule has 170 valence electrons. The van der Waals surface area contributed by atoms with Gasteiger partial charge in [-0.15, -0.1) is 13.2 Å². The summed E-state index contributed by atoms with van der Waals surface area (Å²) in [4.78, 5) is 17.9. The minimum absolute atomic E-state index is 0.0212. The topological polar surface area (TPSA) is 89.7 Å². The molecule has 12 heteroatoms. The molecule has 0 aliphatic carbocycles. The average Bonchev–Trinajstić information content (AvgIpc) is 3.15. The molecule has 0 saturated carbocycles. The Morgan fingerprint density at radius 2 is 1.75 bits per heavy atom. The summed E-state index contributed by atoms with van der Waals surface area (Å²) in [5, 5.41) is 6.34. The van der Waals surface area contributed by atoms with Gasteiger partial charge in [-0.25, -0.2) is 4.39 Å². The number of rotatable bonds is 9. The average molecular weight is 454 g/mol. The monoisotopic (exact) mass is 454 g/mol. The van der Waals surface area contributed by atoms with E-state index in [9.17, 15) is 22.4 Å². The van der Waals surface area contributed by atoms with Crippen LogP contribution in [0.2, 0.25) is 0 Å². The molecule has 0 atom stereocenters. The lowest BCUT2D eigenvalue weighted by molar-refractivity contribution is -0.274. The van der Waals surface area contributed by atoms with Gasteiger partial charge in [-0.05, 0) is 55.6 Å². The van der Waals surface area contributed by atoms with Crippen molar-refractivity contribution < 1.29 is 36.4 Å². The zero-order valence-electron chi connectivity index (χ0n) is 16.7. The fourth-order valence-corrected chi connectivity index (χ4v) is 2.56. The van der Waals surface area contributed by atoms with Crippen molar-refractivity contribution in [2.45, 2.75) is 19.5 Å². The van der Waals surface area contributed by atoms with Crippen LogP contribution in [-0.4, -0.2) is 40.9 Å². The van der Waals surface area contributed by atoms with Gasteiger partial charge in [0.25, 0.3) is 0 Å².